The molecule has 0 saturated heterocycles. The largest absolute Gasteiger partial charge is 0.0767 e. The Balaban J connectivity index is 2.14. The van der Waals surface area contributed by atoms with Crippen molar-refractivity contribution >= 4 is 6.08 Å². The second-order valence-electron chi connectivity index (χ2n) is 5.01. The van der Waals surface area contributed by atoms with Crippen molar-refractivity contribution in [3.63, 3.8) is 0 Å². The summed E-state index contributed by atoms with van der Waals surface area (Å²) in [4.78, 5) is 0. The fraction of sp³-hybridized carbons (Fsp3) is 0.263. The van der Waals surface area contributed by atoms with Crippen molar-refractivity contribution < 1.29 is 0 Å². The van der Waals surface area contributed by atoms with Gasteiger partial charge in [0.05, 0.1) is 0 Å². The zero-order valence-electron chi connectivity index (χ0n) is 11.8. The highest BCUT2D eigenvalue weighted by atomic mass is 14.1. The van der Waals surface area contributed by atoms with Crippen LogP contribution in [-0.4, -0.2) is 0 Å². The summed E-state index contributed by atoms with van der Waals surface area (Å²) in [6.07, 6.45) is 6.91. The van der Waals surface area contributed by atoms with Crippen LogP contribution < -0.4 is 0 Å². The first-order chi connectivity index (χ1) is 9.31. The van der Waals surface area contributed by atoms with Gasteiger partial charge in [-0.2, -0.15) is 0 Å². The van der Waals surface area contributed by atoms with Crippen LogP contribution >= 0.6 is 0 Å². The van der Waals surface area contributed by atoms with E-state index in [0.29, 0.717) is 5.92 Å². The summed E-state index contributed by atoms with van der Waals surface area (Å²) in [6.45, 7) is 4.47. The highest BCUT2D eigenvalue weighted by Crippen LogP contribution is 2.19. The predicted octanol–water partition coefficient (Wildman–Crippen LogP) is 5.46. The average Bonchev–Trinajstić information content (AvgIpc) is 2.47. The minimum Gasteiger partial charge on any atom is -0.0767 e. The number of aryl methyl sites for hydroxylation is 1. The van der Waals surface area contributed by atoms with E-state index >= 15 is 0 Å². The van der Waals surface area contributed by atoms with E-state index in [1.54, 1.807) is 0 Å². The molecule has 0 aromatic heterocycles. The molecule has 2 aromatic rings. The lowest BCUT2D eigenvalue weighted by Crippen LogP contribution is -1.90. The minimum absolute atomic E-state index is 0.455. The van der Waals surface area contributed by atoms with E-state index < -0.39 is 0 Å². The molecule has 2 rings (SSSR count). The van der Waals surface area contributed by atoms with Crippen molar-refractivity contribution in [2.24, 2.45) is 0 Å². The molecule has 0 aliphatic rings. The molecule has 0 spiro atoms. The van der Waals surface area contributed by atoms with Gasteiger partial charge in [0.1, 0.15) is 0 Å². The van der Waals surface area contributed by atoms with Crippen molar-refractivity contribution in [2.75, 3.05) is 0 Å². The number of hydrogen-bond acceptors (Lipinski definition) is 0. The molecule has 0 bridgehead atoms. The van der Waals surface area contributed by atoms with E-state index in [2.05, 4.69) is 80.6 Å². The van der Waals surface area contributed by atoms with Crippen molar-refractivity contribution in [3.8, 4) is 0 Å². The fourth-order valence-electron chi connectivity index (χ4n) is 2.31. The van der Waals surface area contributed by atoms with E-state index in [1.165, 1.54) is 23.1 Å². The van der Waals surface area contributed by atoms with E-state index in [0.717, 1.165) is 6.42 Å². The minimum atomic E-state index is 0.455. The fourth-order valence-corrected chi connectivity index (χ4v) is 2.31. The first-order valence-corrected chi connectivity index (χ1v) is 7.12. The zero-order valence-corrected chi connectivity index (χ0v) is 11.8. The van der Waals surface area contributed by atoms with Crippen LogP contribution in [0.2, 0.25) is 0 Å². The van der Waals surface area contributed by atoms with Gasteiger partial charge in [-0.3, -0.25) is 0 Å². The Morgan fingerprint density at radius 1 is 0.947 bits per heavy atom. The molecule has 2 aromatic carbocycles. The molecule has 0 nitrogen and oxygen atoms in total. The lowest BCUT2D eigenvalue weighted by Gasteiger charge is -2.08. The summed E-state index contributed by atoms with van der Waals surface area (Å²) in [6, 6.07) is 19.3. The molecule has 0 aliphatic heterocycles. The van der Waals surface area contributed by atoms with Crippen molar-refractivity contribution in [2.45, 2.75) is 32.6 Å². The topological polar surface area (TPSA) is 0 Å². The number of hydrogen-bond donors (Lipinski definition) is 0. The summed E-state index contributed by atoms with van der Waals surface area (Å²) in [5.41, 5.74) is 4.17. The van der Waals surface area contributed by atoms with Crippen LogP contribution in [0.15, 0.2) is 60.7 Å². The second kappa shape index (κ2) is 6.94. The standard InChI is InChI=1S/C19H22/c1-3-9-18-12-7-8-13-19(18)15-14-16(2)17-10-5-4-6-11-17/h4-8,10-16H,3,9H2,1-2H3. The molecule has 0 saturated carbocycles. The van der Waals surface area contributed by atoms with Gasteiger partial charge in [-0.15, -0.1) is 0 Å². The maximum absolute atomic E-state index is 2.30. The third kappa shape index (κ3) is 3.82. The van der Waals surface area contributed by atoms with Gasteiger partial charge in [-0.25, -0.2) is 0 Å². The van der Waals surface area contributed by atoms with E-state index in [-0.39, 0.29) is 0 Å². The highest BCUT2D eigenvalue weighted by molar-refractivity contribution is 5.55. The maximum Gasteiger partial charge on any atom is -0.000711 e. The van der Waals surface area contributed by atoms with Gasteiger partial charge in [-0.05, 0) is 29.0 Å². The van der Waals surface area contributed by atoms with Crippen LogP contribution in [0.4, 0.5) is 0 Å². The van der Waals surface area contributed by atoms with E-state index in [9.17, 15) is 0 Å². The molecule has 0 N–H and O–H groups in total. The summed E-state index contributed by atoms with van der Waals surface area (Å²) in [5, 5.41) is 0. The van der Waals surface area contributed by atoms with Crippen molar-refractivity contribution in [3.05, 3.63) is 77.4 Å². The summed E-state index contributed by atoms with van der Waals surface area (Å²) in [5.74, 6) is 0.455. The van der Waals surface area contributed by atoms with Gasteiger partial charge in [-0.1, -0.05) is 87.0 Å². The van der Waals surface area contributed by atoms with Crippen LogP contribution in [0.5, 0.6) is 0 Å². The molecule has 1 atom stereocenters. The predicted molar refractivity (Wildman–Crippen MR) is 84.3 cm³/mol. The summed E-state index contributed by atoms with van der Waals surface area (Å²) >= 11 is 0. The van der Waals surface area contributed by atoms with Crippen LogP contribution in [0.1, 0.15) is 42.9 Å². The molecule has 0 heterocycles. The molecule has 0 fully saturated rings. The SMILES string of the molecule is CCCc1ccccc1C=CC(C)c1ccccc1. The van der Waals surface area contributed by atoms with Crippen LogP contribution in [0, 0.1) is 0 Å². The van der Waals surface area contributed by atoms with Crippen molar-refractivity contribution in [1.82, 2.24) is 0 Å². The smallest absolute Gasteiger partial charge is 0.000711 e. The van der Waals surface area contributed by atoms with Crippen LogP contribution in [-0.2, 0) is 6.42 Å². The lowest BCUT2D eigenvalue weighted by molar-refractivity contribution is 0.918. The quantitative estimate of drug-likeness (QED) is 0.661. The average molecular weight is 250 g/mol. The van der Waals surface area contributed by atoms with Gasteiger partial charge >= 0.3 is 0 Å². The Hall–Kier alpha value is -1.82. The normalized spacial score (nSPS) is 12.7. The van der Waals surface area contributed by atoms with Gasteiger partial charge in [0, 0.05) is 0 Å². The molecule has 0 radical (unpaired) electrons. The lowest BCUT2D eigenvalue weighted by atomic mass is 9.98. The van der Waals surface area contributed by atoms with Crippen LogP contribution in [0.3, 0.4) is 0 Å². The number of allylic oxidation sites excluding steroid dienone is 1. The molecule has 0 amide bonds. The zero-order chi connectivity index (χ0) is 13.5. The molecule has 98 valence electrons. The third-order valence-electron chi connectivity index (χ3n) is 3.46. The molecule has 0 heteroatoms. The van der Waals surface area contributed by atoms with Gasteiger partial charge in [0.2, 0.25) is 0 Å². The van der Waals surface area contributed by atoms with Gasteiger partial charge in [0.25, 0.3) is 0 Å². The summed E-state index contributed by atoms with van der Waals surface area (Å²) < 4.78 is 0. The van der Waals surface area contributed by atoms with Crippen LogP contribution in [0.25, 0.3) is 6.08 Å². The molecular formula is C19H22. The Labute approximate surface area is 116 Å². The Bertz CT molecular complexity index is 523. The first kappa shape index (κ1) is 13.6. The van der Waals surface area contributed by atoms with Gasteiger partial charge < -0.3 is 0 Å². The number of rotatable bonds is 5. The third-order valence-corrected chi connectivity index (χ3v) is 3.46. The summed E-state index contributed by atoms with van der Waals surface area (Å²) in [7, 11) is 0. The maximum atomic E-state index is 2.30. The molecule has 19 heavy (non-hydrogen) atoms. The molecule has 1 unspecified atom stereocenters. The second-order valence-corrected chi connectivity index (χ2v) is 5.01. The first-order valence-electron chi connectivity index (χ1n) is 7.12. The Kier molecular flexibility index (Phi) is 4.97. The van der Waals surface area contributed by atoms with E-state index in [1.807, 2.05) is 0 Å². The Morgan fingerprint density at radius 3 is 2.37 bits per heavy atom. The van der Waals surface area contributed by atoms with Gasteiger partial charge in [0.15, 0.2) is 0 Å². The Morgan fingerprint density at radius 2 is 1.63 bits per heavy atom. The monoisotopic (exact) mass is 250 g/mol. The molecule has 0 aliphatic carbocycles. The highest BCUT2D eigenvalue weighted by Gasteiger charge is 2.01. The number of benzene rings is 2. The van der Waals surface area contributed by atoms with E-state index in [4.69, 9.17) is 0 Å². The van der Waals surface area contributed by atoms with Crippen molar-refractivity contribution in [1.29, 1.82) is 0 Å². The molecular weight excluding hydrogens is 228 g/mol.